The molecule has 0 aliphatic carbocycles. The van der Waals surface area contributed by atoms with E-state index in [9.17, 15) is 39.5 Å². The molecule has 0 aliphatic heterocycles. The molecule has 0 atom stereocenters. The Morgan fingerprint density at radius 3 is 1.16 bits per heavy atom. The van der Waals surface area contributed by atoms with Crippen LogP contribution in [0.25, 0.3) is 0 Å². The molecular weight excluding hydrogens is 358 g/mol. The second-order valence-electron chi connectivity index (χ2n) is 3.41. The number of alkyl halides is 9. The van der Waals surface area contributed by atoms with Gasteiger partial charge < -0.3 is 0 Å². The number of rotatable bonds is 0. The second-order valence-corrected chi connectivity index (χ2v) is 4.35. The molecule has 0 aromatic heterocycles. The van der Waals surface area contributed by atoms with E-state index in [1.165, 1.54) is 0 Å². The van der Waals surface area contributed by atoms with Crippen LogP contribution in [0.1, 0.15) is 16.7 Å². The fraction of sp³-hybridized carbons (Fsp3) is 0.333. The predicted molar refractivity (Wildman–Crippen MR) is 48.2 cm³/mol. The Kier molecular flexibility index (Phi) is 3.90. The molecule has 0 N–H and O–H groups in total. The van der Waals surface area contributed by atoms with E-state index in [1.54, 1.807) is 0 Å². The van der Waals surface area contributed by atoms with E-state index in [2.05, 4.69) is 0 Å². The molecule has 0 bridgehead atoms. The Balaban J connectivity index is 3.68. The Morgan fingerprint density at radius 2 is 0.947 bits per heavy atom. The van der Waals surface area contributed by atoms with Crippen LogP contribution < -0.4 is 4.46 Å². The molecule has 1 aromatic rings. The van der Waals surface area contributed by atoms with Gasteiger partial charge in [0.2, 0.25) is 0 Å². The molecule has 0 heterocycles. The first-order valence-electron chi connectivity index (χ1n) is 4.33. The zero-order chi connectivity index (χ0) is 15.2. The van der Waals surface area contributed by atoms with Gasteiger partial charge in [0.25, 0.3) is 0 Å². The van der Waals surface area contributed by atoms with Crippen molar-refractivity contribution in [3.05, 3.63) is 28.8 Å². The van der Waals surface area contributed by atoms with Gasteiger partial charge in [-0.25, -0.2) is 0 Å². The Bertz CT molecular complexity index is 445. The molecule has 0 amide bonds. The van der Waals surface area contributed by atoms with Gasteiger partial charge in [0, 0.05) is 0 Å². The number of hydrogen-bond donors (Lipinski definition) is 0. The van der Waals surface area contributed by atoms with Crippen molar-refractivity contribution in [1.82, 2.24) is 0 Å². The number of hydrogen-bond acceptors (Lipinski definition) is 0. The van der Waals surface area contributed by atoms with Crippen molar-refractivity contribution in [2.24, 2.45) is 0 Å². The summed E-state index contributed by atoms with van der Waals surface area (Å²) >= 11 is 1.00. The molecule has 10 heteroatoms. The quantitative estimate of drug-likeness (QED) is 0.492. The van der Waals surface area contributed by atoms with Crippen LogP contribution in [0.4, 0.5) is 39.5 Å². The van der Waals surface area contributed by atoms with Gasteiger partial charge in [-0.2, -0.15) is 0 Å². The molecule has 0 saturated carbocycles. The normalized spacial score (nSPS) is 13.8. The zero-order valence-corrected chi connectivity index (χ0v) is 10.4. The SMILES string of the molecule is FC(F)(F)c1cc(C(F)(F)F)c([SeH])c(C(F)(F)F)c1. The van der Waals surface area contributed by atoms with E-state index in [0.29, 0.717) is 0 Å². The molecular formula is C9H3F9Se. The molecule has 1 rings (SSSR count). The van der Waals surface area contributed by atoms with Crippen molar-refractivity contribution in [3.8, 4) is 0 Å². The molecule has 0 spiro atoms. The zero-order valence-electron chi connectivity index (χ0n) is 8.50. The molecule has 108 valence electrons. The number of benzene rings is 1. The van der Waals surface area contributed by atoms with Gasteiger partial charge in [-0.1, -0.05) is 0 Å². The molecule has 19 heavy (non-hydrogen) atoms. The van der Waals surface area contributed by atoms with Crippen molar-refractivity contribution in [3.63, 3.8) is 0 Å². The van der Waals surface area contributed by atoms with E-state index in [1.807, 2.05) is 0 Å². The van der Waals surface area contributed by atoms with Crippen molar-refractivity contribution in [2.75, 3.05) is 0 Å². The fourth-order valence-corrected chi connectivity index (χ4v) is 2.03. The van der Waals surface area contributed by atoms with Crippen LogP contribution in [0.2, 0.25) is 0 Å². The van der Waals surface area contributed by atoms with Gasteiger partial charge in [-0.15, -0.1) is 0 Å². The summed E-state index contributed by atoms with van der Waals surface area (Å²) in [5, 5.41) is 0. The van der Waals surface area contributed by atoms with Crippen LogP contribution >= 0.6 is 0 Å². The number of halogens is 9. The first kappa shape index (κ1) is 16.2. The van der Waals surface area contributed by atoms with Crippen LogP contribution in [0.15, 0.2) is 12.1 Å². The van der Waals surface area contributed by atoms with Crippen molar-refractivity contribution < 1.29 is 39.5 Å². The second kappa shape index (κ2) is 4.59. The summed E-state index contributed by atoms with van der Waals surface area (Å²) in [6.45, 7) is 0. The summed E-state index contributed by atoms with van der Waals surface area (Å²) in [6.07, 6.45) is -15.9. The van der Waals surface area contributed by atoms with Gasteiger partial charge in [-0.05, 0) is 0 Å². The van der Waals surface area contributed by atoms with Crippen LogP contribution in [-0.2, 0) is 18.5 Å². The monoisotopic (exact) mass is 362 g/mol. The Labute approximate surface area is 108 Å². The third kappa shape index (κ3) is 3.56. The summed E-state index contributed by atoms with van der Waals surface area (Å²) in [5.74, 6) is 0. The molecule has 0 saturated heterocycles. The van der Waals surface area contributed by atoms with Crippen LogP contribution in [0.5, 0.6) is 0 Å². The predicted octanol–water partition coefficient (Wildman–Crippen LogP) is 3.27. The van der Waals surface area contributed by atoms with E-state index < -0.39 is 39.7 Å². The standard InChI is InChI=1S/C9H3F9Se/c10-7(11,12)3-1-4(8(13,14)15)6(19)5(2-3)9(16,17)18/h1-2,19H. The third-order valence-electron chi connectivity index (χ3n) is 2.05. The summed E-state index contributed by atoms with van der Waals surface area (Å²) in [5.41, 5.74) is -5.95. The van der Waals surface area contributed by atoms with Crippen molar-refractivity contribution in [1.29, 1.82) is 0 Å². The first-order valence-corrected chi connectivity index (χ1v) is 5.27. The summed E-state index contributed by atoms with van der Waals surface area (Å²) in [4.78, 5) is 0. The van der Waals surface area contributed by atoms with Gasteiger partial charge in [0.1, 0.15) is 0 Å². The molecule has 1 aromatic carbocycles. The van der Waals surface area contributed by atoms with Crippen molar-refractivity contribution in [2.45, 2.75) is 18.5 Å². The fourth-order valence-electron chi connectivity index (χ4n) is 1.23. The van der Waals surface area contributed by atoms with Crippen molar-refractivity contribution >= 4 is 20.5 Å². The summed E-state index contributed by atoms with van der Waals surface area (Å²) in [7, 11) is 0. The summed E-state index contributed by atoms with van der Waals surface area (Å²) < 4.78 is 110. The molecule has 0 nitrogen and oxygen atoms in total. The minimum absolute atomic E-state index is 0.344. The van der Waals surface area contributed by atoms with Crippen LogP contribution in [-0.4, -0.2) is 16.0 Å². The average molecular weight is 361 g/mol. The third-order valence-corrected chi connectivity index (χ3v) is 3.06. The molecule has 0 unspecified atom stereocenters. The molecule has 0 aliphatic rings. The van der Waals surface area contributed by atoms with E-state index in [4.69, 9.17) is 0 Å². The van der Waals surface area contributed by atoms with Crippen LogP contribution in [0.3, 0.4) is 0 Å². The Morgan fingerprint density at radius 1 is 0.632 bits per heavy atom. The topological polar surface area (TPSA) is 0 Å². The van der Waals surface area contributed by atoms with E-state index in [0.717, 1.165) is 16.0 Å². The molecule has 0 fully saturated rings. The van der Waals surface area contributed by atoms with E-state index in [-0.39, 0.29) is 12.1 Å². The van der Waals surface area contributed by atoms with Gasteiger partial charge in [0.05, 0.1) is 0 Å². The van der Waals surface area contributed by atoms with Gasteiger partial charge in [-0.3, -0.25) is 0 Å². The van der Waals surface area contributed by atoms with E-state index >= 15 is 0 Å². The maximum atomic E-state index is 12.4. The Hall–Kier alpha value is -0.891. The summed E-state index contributed by atoms with van der Waals surface area (Å²) in [6, 6.07) is -0.689. The molecule has 0 radical (unpaired) electrons. The maximum absolute atomic E-state index is 12.4. The average Bonchev–Trinajstić information content (AvgIpc) is 2.11. The van der Waals surface area contributed by atoms with Gasteiger partial charge in [0.15, 0.2) is 0 Å². The first-order chi connectivity index (χ1) is 8.24. The minimum atomic E-state index is -5.32. The van der Waals surface area contributed by atoms with Crippen LogP contribution in [0, 0.1) is 0 Å². The van der Waals surface area contributed by atoms with Gasteiger partial charge >= 0.3 is 107 Å².